The Bertz CT molecular complexity index is 616. The number of hydrogen-bond acceptors (Lipinski definition) is 4. The van der Waals surface area contributed by atoms with E-state index in [0.29, 0.717) is 11.4 Å². The largest absolute Gasteiger partial charge is 0.240 e. The number of benzene rings is 2. The minimum atomic E-state index is 0.576. The topological polar surface area (TPSA) is 58.9 Å². The molecule has 0 bridgehead atoms. The number of rotatable bonds is 4. The molecule has 97 valence electrons. The Morgan fingerprint density at radius 1 is 0.750 bits per heavy atom. The normalized spacial score (nSPS) is 9.70. The van der Waals surface area contributed by atoms with E-state index in [4.69, 9.17) is 0 Å². The standard InChI is InChI=1S/C16H11N2O2/c1-12(13-2-6-15(7-3-13)17-10-19)14-4-8-16(9-5-14)18-11-20/h2-9H,1H3. The zero-order valence-corrected chi connectivity index (χ0v) is 10.8. The van der Waals surface area contributed by atoms with Gasteiger partial charge in [-0.1, -0.05) is 31.2 Å². The highest BCUT2D eigenvalue weighted by molar-refractivity contribution is 5.55. The molecule has 0 saturated heterocycles. The van der Waals surface area contributed by atoms with Crippen LogP contribution in [0.4, 0.5) is 11.4 Å². The molecule has 1 radical (unpaired) electrons. The van der Waals surface area contributed by atoms with E-state index in [-0.39, 0.29) is 0 Å². The van der Waals surface area contributed by atoms with Gasteiger partial charge in [0.1, 0.15) is 0 Å². The van der Waals surface area contributed by atoms with E-state index in [0.717, 1.165) is 17.0 Å². The minimum Gasteiger partial charge on any atom is -0.211 e. The predicted octanol–water partition coefficient (Wildman–Crippen LogP) is 3.61. The molecule has 2 rings (SSSR count). The maximum absolute atomic E-state index is 10.2. The van der Waals surface area contributed by atoms with Gasteiger partial charge in [-0.15, -0.1) is 0 Å². The summed E-state index contributed by atoms with van der Waals surface area (Å²) in [6.45, 7) is 2.00. The molecular weight excluding hydrogens is 252 g/mol. The lowest BCUT2D eigenvalue weighted by Gasteiger charge is -2.11. The molecular formula is C16H11N2O2. The van der Waals surface area contributed by atoms with Crippen molar-refractivity contribution in [2.45, 2.75) is 6.92 Å². The first-order chi connectivity index (χ1) is 9.74. The maximum atomic E-state index is 10.2. The molecule has 0 aliphatic carbocycles. The van der Waals surface area contributed by atoms with Crippen molar-refractivity contribution in [2.75, 3.05) is 0 Å². The van der Waals surface area contributed by atoms with Gasteiger partial charge in [0.15, 0.2) is 0 Å². The number of nitrogens with zero attached hydrogens (tertiary/aromatic N) is 2. The van der Waals surface area contributed by atoms with Gasteiger partial charge in [0.25, 0.3) is 0 Å². The molecule has 4 heteroatoms. The van der Waals surface area contributed by atoms with Crippen molar-refractivity contribution in [3.05, 3.63) is 65.6 Å². The van der Waals surface area contributed by atoms with Crippen LogP contribution in [-0.2, 0) is 9.59 Å². The molecule has 2 aromatic carbocycles. The van der Waals surface area contributed by atoms with E-state index in [9.17, 15) is 9.59 Å². The van der Waals surface area contributed by atoms with Crippen molar-refractivity contribution in [3.8, 4) is 0 Å². The average Bonchev–Trinajstić information content (AvgIpc) is 2.49. The first-order valence-electron chi connectivity index (χ1n) is 5.95. The SMILES string of the molecule is C[C](c1ccc(N=C=O)cc1)c1ccc(N=C=O)cc1. The quantitative estimate of drug-likeness (QED) is 0.625. The predicted molar refractivity (Wildman–Crippen MR) is 75.6 cm³/mol. The van der Waals surface area contributed by atoms with Crippen LogP contribution >= 0.6 is 0 Å². The summed E-state index contributed by atoms with van der Waals surface area (Å²) in [7, 11) is 0. The third-order valence-electron chi connectivity index (χ3n) is 2.95. The molecule has 0 N–H and O–H groups in total. The van der Waals surface area contributed by atoms with Crippen molar-refractivity contribution < 1.29 is 9.59 Å². The van der Waals surface area contributed by atoms with Gasteiger partial charge in [-0.05, 0) is 35.4 Å². The van der Waals surface area contributed by atoms with Crippen LogP contribution in [0.25, 0.3) is 0 Å². The van der Waals surface area contributed by atoms with Crippen molar-refractivity contribution >= 4 is 23.5 Å². The lowest BCUT2D eigenvalue weighted by Crippen LogP contribution is -1.96. The van der Waals surface area contributed by atoms with E-state index in [1.807, 2.05) is 31.2 Å². The Kier molecular flexibility index (Phi) is 4.35. The molecule has 4 nitrogen and oxygen atoms in total. The summed E-state index contributed by atoms with van der Waals surface area (Å²) in [5.74, 6) is 1.08. The molecule has 0 aliphatic rings. The summed E-state index contributed by atoms with van der Waals surface area (Å²) in [5.41, 5.74) is 3.21. The van der Waals surface area contributed by atoms with E-state index in [2.05, 4.69) is 9.98 Å². The highest BCUT2D eigenvalue weighted by Crippen LogP contribution is 2.26. The summed E-state index contributed by atoms with van der Waals surface area (Å²) >= 11 is 0. The third-order valence-corrected chi connectivity index (χ3v) is 2.95. The van der Waals surface area contributed by atoms with Crippen molar-refractivity contribution in [1.82, 2.24) is 0 Å². The fourth-order valence-corrected chi connectivity index (χ4v) is 1.84. The number of carbonyl (C=O) groups excluding carboxylic acids is 2. The van der Waals surface area contributed by atoms with Crippen molar-refractivity contribution in [2.24, 2.45) is 9.98 Å². The smallest absolute Gasteiger partial charge is 0.211 e. The molecule has 20 heavy (non-hydrogen) atoms. The van der Waals surface area contributed by atoms with Crippen LogP contribution in [0.5, 0.6) is 0 Å². The Morgan fingerprint density at radius 2 is 1.10 bits per heavy atom. The molecule has 0 saturated carbocycles. The van der Waals surface area contributed by atoms with E-state index in [1.54, 1.807) is 24.3 Å². The van der Waals surface area contributed by atoms with Gasteiger partial charge in [0.05, 0.1) is 11.4 Å². The van der Waals surface area contributed by atoms with Gasteiger partial charge in [-0.25, -0.2) is 9.59 Å². The van der Waals surface area contributed by atoms with Crippen LogP contribution in [0.2, 0.25) is 0 Å². The zero-order valence-electron chi connectivity index (χ0n) is 10.8. The van der Waals surface area contributed by atoms with E-state index < -0.39 is 0 Å². The van der Waals surface area contributed by atoms with Crippen LogP contribution < -0.4 is 0 Å². The van der Waals surface area contributed by atoms with Gasteiger partial charge in [-0.2, -0.15) is 9.98 Å². The van der Waals surface area contributed by atoms with Gasteiger partial charge in [-0.3, -0.25) is 0 Å². The summed E-state index contributed by atoms with van der Waals surface area (Å²) in [6.07, 6.45) is 3.02. The number of aliphatic imine (C=N–C) groups is 2. The summed E-state index contributed by atoms with van der Waals surface area (Å²) < 4.78 is 0. The first-order valence-corrected chi connectivity index (χ1v) is 5.95. The minimum absolute atomic E-state index is 0.576. The second kappa shape index (κ2) is 6.39. The second-order valence-corrected chi connectivity index (χ2v) is 4.12. The van der Waals surface area contributed by atoms with E-state index in [1.165, 1.54) is 12.2 Å². The van der Waals surface area contributed by atoms with Crippen LogP contribution in [0.3, 0.4) is 0 Å². The van der Waals surface area contributed by atoms with Crippen LogP contribution in [0.1, 0.15) is 18.1 Å². The lowest BCUT2D eigenvalue weighted by atomic mass is 9.93. The van der Waals surface area contributed by atoms with Gasteiger partial charge >= 0.3 is 0 Å². The number of isocyanates is 2. The molecule has 0 aromatic heterocycles. The van der Waals surface area contributed by atoms with Gasteiger partial charge in [0, 0.05) is 5.92 Å². The average molecular weight is 263 g/mol. The molecule has 2 aromatic rings. The molecule has 0 atom stereocenters. The molecule has 0 fully saturated rings. The molecule has 0 aliphatic heterocycles. The highest BCUT2D eigenvalue weighted by atomic mass is 16.1. The second-order valence-electron chi connectivity index (χ2n) is 4.12. The van der Waals surface area contributed by atoms with Crippen LogP contribution in [-0.4, -0.2) is 12.2 Å². The third kappa shape index (κ3) is 3.15. The summed E-state index contributed by atoms with van der Waals surface area (Å²) in [6, 6.07) is 14.6. The Hall–Kier alpha value is -2.80. The summed E-state index contributed by atoms with van der Waals surface area (Å²) in [5, 5.41) is 0. The maximum Gasteiger partial charge on any atom is 0.240 e. The Labute approximate surface area is 116 Å². The fourth-order valence-electron chi connectivity index (χ4n) is 1.84. The highest BCUT2D eigenvalue weighted by Gasteiger charge is 2.09. The lowest BCUT2D eigenvalue weighted by molar-refractivity contribution is 0.564. The zero-order chi connectivity index (χ0) is 14.4. The van der Waals surface area contributed by atoms with Crippen molar-refractivity contribution in [1.29, 1.82) is 0 Å². The Morgan fingerprint density at radius 3 is 1.40 bits per heavy atom. The molecule has 0 spiro atoms. The monoisotopic (exact) mass is 263 g/mol. The molecule has 0 unspecified atom stereocenters. The summed E-state index contributed by atoms with van der Waals surface area (Å²) in [4.78, 5) is 27.4. The fraction of sp³-hybridized carbons (Fsp3) is 0.0625. The molecule has 0 heterocycles. The van der Waals surface area contributed by atoms with Crippen LogP contribution in [0, 0.1) is 5.92 Å². The van der Waals surface area contributed by atoms with Gasteiger partial charge < -0.3 is 0 Å². The van der Waals surface area contributed by atoms with Crippen LogP contribution in [0.15, 0.2) is 58.5 Å². The van der Waals surface area contributed by atoms with Crippen molar-refractivity contribution in [3.63, 3.8) is 0 Å². The van der Waals surface area contributed by atoms with Gasteiger partial charge in [0.2, 0.25) is 12.2 Å². The number of hydrogen-bond donors (Lipinski definition) is 0. The first kappa shape index (κ1) is 13.6. The molecule has 0 amide bonds. The van der Waals surface area contributed by atoms with E-state index >= 15 is 0 Å². The Balaban J connectivity index is 2.23.